The van der Waals surface area contributed by atoms with Gasteiger partial charge in [0, 0.05) is 12.0 Å². The van der Waals surface area contributed by atoms with Crippen LogP contribution in [0.15, 0.2) is 24.8 Å². The summed E-state index contributed by atoms with van der Waals surface area (Å²) in [5.41, 5.74) is 0.647. The molecule has 0 amide bonds. The molecule has 3 heteroatoms. The van der Waals surface area contributed by atoms with E-state index >= 15 is 0 Å². The van der Waals surface area contributed by atoms with Crippen LogP contribution < -0.4 is 0 Å². The summed E-state index contributed by atoms with van der Waals surface area (Å²) >= 11 is 0. The Morgan fingerprint density at radius 3 is 2.53 bits per heavy atom. The van der Waals surface area contributed by atoms with Gasteiger partial charge in [-0.2, -0.15) is 0 Å². The van der Waals surface area contributed by atoms with Crippen molar-refractivity contribution < 1.29 is 15.0 Å². The van der Waals surface area contributed by atoms with Gasteiger partial charge >= 0.3 is 0 Å². The highest BCUT2D eigenvalue weighted by Crippen LogP contribution is 2.30. The summed E-state index contributed by atoms with van der Waals surface area (Å²) in [4.78, 5) is 11.6. The van der Waals surface area contributed by atoms with Crippen LogP contribution in [0, 0.1) is 0 Å². The van der Waals surface area contributed by atoms with Crippen LogP contribution in [-0.2, 0) is 6.42 Å². The van der Waals surface area contributed by atoms with Crippen molar-refractivity contribution in [1.29, 1.82) is 0 Å². The molecule has 0 saturated heterocycles. The Labute approximate surface area is 88.7 Å². The fourth-order valence-electron chi connectivity index (χ4n) is 1.46. The van der Waals surface area contributed by atoms with Crippen LogP contribution >= 0.6 is 0 Å². The Balaban J connectivity index is 3.37. The Morgan fingerprint density at radius 1 is 1.40 bits per heavy atom. The molecular weight excluding hydrogens is 192 g/mol. The van der Waals surface area contributed by atoms with Gasteiger partial charge in [0.15, 0.2) is 5.78 Å². The molecule has 0 aliphatic carbocycles. The highest BCUT2D eigenvalue weighted by atomic mass is 16.3. The second-order valence-corrected chi connectivity index (χ2v) is 3.23. The Hall–Kier alpha value is -1.77. The zero-order valence-corrected chi connectivity index (χ0v) is 8.66. The molecule has 1 rings (SSSR count). The highest BCUT2D eigenvalue weighted by Gasteiger charge is 2.16. The van der Waals surface area contributed by atoms with Crippen molar-refractivity contribution in [2.24, 2.45) is 0 Å². The van der Waals surface area contributed by atoms with Crippen molar-refractivity contribution in [2.75, 3.05) is 0 Å². The molecule has 0 aliphatic rings. The van der Waals surface area contributed by atoms with Gasteiger partial charge in [-0.05, 0) is 18.6 Å². The number of carbonyl (C=O) groups excluding carboxylic acids is 1. The van der Waals surface area contributed by atoms with Gasteiger partial charge in [0.05, 0.1) is 5.56 Å². The third-order valence-corrected chi connectivity index (χ3v) is 2.21. The predicted octanol–water partition coefficient (Wildman–Crippen LogP) is 2.42. The standard InChI is InChI=1S/C12H14O3/c1-3-5-8-10(14)6-7-11(15)12(8)9(13)4-2/h3,6-7,14-15H,1,4-5H2,2H3. The molecule has 1 aromatic carbocycles. The number of hydrogen-bond donors (Lipinski definition) is 2. The Kier molecular flexibility index (Phi) is 3.50. The number of carbonyl (C=O) groups is 1. The van der Waals surface area contributed by atoms with Crippen LogP contribution in [0.1, 0.15) is 29.3 Å². The number of benzene rings is 1. The van der Waals surface area contributed by atoms with E-state index in [1.54, 1.807) is 13.0 Å². The van der Waals surface area contributed by atoms with Crippen LogP contribution in [-0.4, -0.2) is 16.0 Å². The van der Waals surface area contributed by atoms with Crippen LogP contribution in [0.3, 0.4) is 0 Å². The molecule has 80 valence electrons. The van der Waals surface area contributed by atoms with Crippen molar-refractivity contribution in [2.45, 2.75) is 19.8 Å². The van der Waals surface area contributed by atoms with E-state index in [9.17, 15) is 15.0 Å². The van der Waals surface area contributed by atoms with E-state index in [1.165, 1.54) is 12.1 Å². The predicted molar refractivity (Wildman–Crippen MR) is 58.3 cm³/mol. The zero-order valence-electron chi connectivity index (χ0n) is 8.66. The molecular formula is C12H14O3. The lowest BCUT2D eigenvalue weighted by Gasteiger charge is -2.10. The minimum absolute atomic E-state index is 0.0181. The van der Waals surface area contributed by atoms with Gasteiger partial charge in [-0.1, -0.05) is 13.0 Å². The first-order valence-corrected chi connectivity index (χ1v) is 4.79. The third kappa shape index (κ3) is 2.18. The summed E-state index contributed by atoms with van der Waals surface area (Å²) in [5.74, 6) is -0.249. The topological polar surface area (TPSA) is 57.5 Å². The van der Waals surface area contributed by atoms with Crippen LogP contribution in [0.4, 0.5) is 0 Å². The van der Waals surface area contributed by atoms with Crippen LogP contribution in [0.25, 0.3) is 0 Å². The molecule has 3 nitrogen and oxygen atoms in total. The lowest BCUT2D eigenvalue weighted by molar-refractivity contribution is 0.0984. The van der Waals surface area contributed by atoms with E-state index < -0.39 is 0 Å². The monoisotopic (exact) mass is 206 g/mol. The maximum Gasteiger partial charge on any atom is 0.166 e. The molecule has 15 heavy (non-hydrogen) atoms. The minimum atomic E-state index is -0.180. The number of ketones is 1. The molecule has 1 aromatic rings. The molecule has 0 atom stereocenters. The maximum atomic E-state index is 11.6. The second kappa shape index (κ2) is 4.64. The zero-order chi connectivity index (χ0) is 11.4. The number of phenolic OH excluding ortho intramolecular Hbond substituents is 2. The van der Waals surface area contributed by atoms with E-state index in [0.29, 0.717) is 18.4 Å². The molecule has 0 heterocycles. The summed E-state index contributed by atoms with van der Waals surface area (Å²) in [6, 6.07) is 2.70. The summed E-state index contributed by atoms with van der Waals surface area (Å²) < 4.78 is 0. The molecule has 2 N–H and O–H groups in total. The molecule has 0 spiro atoms. The van der Waals surface area contributed by atoms with Crippen LogP contribution in [0.5, 0.6) is 11.5 Å². The lowest BCUT2D eigenvalue weighted by atomic mass is 9.97. The summed E-state index contributed by atoms with van der Waals surface area (Å²) in [6.45, 7) is 5.26. The van der Waals surface area contributed by atoms with Crippen LogP contribution in [0.2, 0.25) is 0 Å². The van der Waals surface area contributed by atoms with E-state index in [0.717, 1.165) is 0 Å². The average Bonchev–Trinajstić information content (AvgIpc) is 2.23. The van der Waals surface area contributed by atoms with Gasteiger partial charge in [-0.15, -0.1) is 6.58 Å². The van der Waals surface area contributed by atoms with Crippen molar-refractivity contribution in [3.63, 3.8) is 0 Å². The molecule has 0 aromatic heterocycles. The van der Waals surface area contributed by atoms with Gasteiger partial charge in [0.25, 0.3) is 0 Å². The first kappa shape index (κ1) is 11.3. The maximum absolute atomic E-state index is 11.6. The Bertz CT molecular complexity index is 394. The largest absolute Gasteiger partial charge is 0.508 e. The van der Waals surface area contributed by atoms with Crippen molar-refractivity contribution in [3.05, 3.63) is 35.9 Å². The highest BCUT2D eigenvalue weighted by molar-refractivity contribution is 6.00. The molecule has 0 fully saturated rings. The number of Topliss-reactive ketones (excluding diaryl/α,β-unsaturated/α-hetero) is 1. The van der Waals surface area contributed by atoms with E-state index in [2.05, 4.69) is 6.58 Å². The molecule has 0 saturated carbocycles. The summed E-state index contributed by atoms with van der Waals surface area (Å²) in [6.07, 6.45) is 2.24. The van der Waals surface area contributed by atoms with Crippen molar-refractivity contribution in [3.8, 4) is 11.5 Å². The molecule has 0 radical (unpaired) electrons. The number of hydrogen-bond acceptors (Lipinski definition) is 3. The summed E-state index contributed by atoms with van der Waals surface area (Å²) in [5, 5.41) is 19.2. The fraction of sp³-hybridized carbons (Fsp3) is 0.250. The number of rotatable bonds is 4. The minimum Gasteiger partial charge on any atom is -0.508 e. The first-order chi connectivity index (χ1) is 7.11. The SMILES string of the molecule is C=CCc1c(O)ccc(O)c1C(=O)CC. The molecule has 0 aliphatic heterocycles. The van der Waals surface area contributed by atoms with Gasteiger partial charge in [0.1, 0.15) is 11.5 Å². The summed E-state index contributed by atoms with van der Waals surface area (Å²) in [7, 11) is 0. The fourth-order valence-corrected chi connectivity index (χ4v) is 1.46. The van der Waals surface area contributed by atoms with E-state index in [4.69, 9.17) is 0 Å². The third-order valence-electron chi connectivity index (χ3n) is 2.21. The number of allylic oxidation sites excluding steroid dienone is 1. The van der Waals surface area contributed by atoms with Gasteiger partial charge in [-0.25, -0.2) is 0 Å². The number of phenols is 2. The van der Waals surface area contributed by atoms with Crippen molar-refractivity contribution in [1.82, 2.24) is 0 Å². The molecule has 0 unspecified atom stereocenters. The quantitative estimate of drug-likeness (QED) is 0.452. The van der Waals surface area contributed by atoms with Gasteiger partial charge in [0.2, 0.25) is 0 Å². The smallest absolute Gasteiger partial charge is 0.166 e. The molecule has 0 bridgehead atoms. The van der Waals surface area contributed by atoms with Gasteiger partial charge < -0.3 is 10.2 Å². The van der Waals surface area contributed by atoms with Crippen molar-refractivity contribution >= 4 is 5.78 Å². The Morgan fingerprint density at radius 2 is 2.00 bits per heavy atom. The first-order valence-electron chi connectivity index (χ1n) is 4.79. The number of aromatic hydroxyl groups is 2. The van der Waals surface area contributed by atoms with Gasteiger partial charge in [-0.3, -0.25) is 4.79 Å². The van der Waals surface area contributed by atoms with E-state index in [-0.39, 0.29) is 22.8 Å². The second-order valence-electron chi connectivity index (χ2n) is 3.23. The average molecular weight is 206 g/mol. The van der Waals surface area contributed by atoms with E-state index in [1.807, 2.05) is 0 Å². The lowest BCUT2D eigenvalue weighted by Crippen LogP contribution is -2.02. The normalized spacial score (nSPS) is 9.93.